The van der Waals surface area contributed by atoms with Crippen molar-refractivity contribution in [1.82, 2.24) is 5.32 Å². The summed E-state index contributed by atoms with van der Waals surface area (Å²) in [7, 11) is 0. The van der Waals surface area contributed by atoms with Crippen LogP contribution in [0.1, 0.15) is 38.3 Å². The highest BCUT2D eigenvalue weighted by Crippen LogP contribution is 2.22. The average Bonchev–Trinajstić information content (AvgIpc) is 2.39. The number of amides is 1. The molecule has 0 heterocycles. The van der Waals surface area contributed by atoms with Crippen LogP contribution in [0.3, 0.4) is 0 Å². The van der Waals surface area contributed by atoms with Crippen molar-refractivity contribution in [3.63, 3.8) is 0 Å². The molecule has 0 saturated heterocycles. The lowest BCUT2D eigenvalue weighted by Crippen LogP contribution is -2.29. The van der Waals surface area contributed by atoms with Crippen LogP contribution in [0.25, 0.3) is 0 Å². The Balaban J connectivity index is 2.72. The number of para-hydroxylation sites is 1. The van der Waals surface area contributed by atoms with Gasteiger partial charge in [0.2, 0.25) is 5.91 Å². The van der Waals surface area contributed by atoms with Gasteiger partial charge in [0.1, 0.15) is 0 Å². The molecule has 0 unspecified atom stereocenters. The molecule has 0 aliphatic heterocycles. The zero-order valence-corrected chi connectivity index (χ0v) is 11.7. The third-order valence-electron chi connectivity index (χ3n) is 2.98. The van der Waals surface area contributed by atoms with Gasteiger partial charge in [0.05, 0.1) is 6.54 Å². The number of hydrogen-bond acceptors (Lipinski definition) is 2. The second kappa shape index (κ2) is 7.88. The average molecular weight is 248 g/mol. The van der Waals surface area contributed by atoms with Gasteiger partial charge in [-0.25, -0.2) is 0 Å². The van der Waals surface area contributed by atoms with E-state index in [0.717, 1.165) is 31.5 Å². The SMILES string of the molecule is CCCNCC(=O)Nc1c(CC)cccc1CC. The normalized spacial score (nSPS) is 10.4. The van der Waals surface area contributed by atoms with Crippen molar-refractivity contribution < 1.29 is 4.79 Å². The third-order valence-corrected chi connectivity index (χ3v) is 2.98. The fourth-order valence-corrected chi connectivity index (χ4v) is 1.97. The van der Waals surface area contributed by atoms with Crippen molar-refractivity contribution in [3.8, 4) is 0 Å². The van der Waals surface area contributed by atoms with E-state index in [9.17, 15) is 4.79 Å². The number of nitrogens with one attached hydrogen (secondary N) is 2. The van der Waals surface area contributed by atoms with Crippen molar-refractivity contribution in [2.45, 2.75) is 40.0 Å². The molecular formula is C15H24N2O. The van der Waals surface area contributed by atoms with Gasteiger partial charge < -0.3 is 10.6 Å². The molecule has 3 heteroatoms. The highest BCUT2D eigenvalue weighted by atomic mass is 16.1. The first-order valence-corrected chi connectivity index (χ1v) is 6.84. The maximum Gasteiger partial charge on any atom is 0.238 e. The number of carbonyl (C=O) groups excluding carboxylic acids is 1. The van der Waals surface area contributed by atoms with Crippen molar-refractivity contribution in [2.75, 3.05) is 18.4 Å². The van der Waals surface area contributed by atoms with Gasteiger partial charge in [-0.1, -0.05) is 39.0 Å². The van der Waals surface area contributed by atoms with E-state index in [2.05, 4.69) is 49.6 Å². The number of benzene rings is 1. The van der Waals surface area contributed by atoms with Crippen LogP contribution in [0.5, 0.6) is 0 Å². The molecule has 0 bridgehead atoms. The third kappa shape index (κ3) is 4.15. The van der Waals surface area contributed by atoms with E-state index in [0.29, 0.717) is 6.54 Å². The maximum atomic E-state index is 11.8. The molecule has 2 N–H and O–H groups in total. The Morgan fingerprint density at radius 2 is 1.72 bits per heavy atom. The number of aryl methyl sites for hydroxylation is 2. The van der Waals surface area contributed by atoms with Gasteiger partial charge in [-0.05, 0) is 36.9 Å². The standard InChI is InChI=1S/C15H24N2O/c1-4-10-16-11-14(18)17-15-12(5-2)8-7-9-13(15)6-3/h7-9,16H,4-6,10-11H2,1-3H3,(H,17,18). The molecule has 3 nitrogen and oxygen atoms in total. The van der Waals surface area contributed by atoms with Crippen molar-refractivity contribution in [3.05, 3.63) is 29.3 Å². The summed E-state index contributed by atoms with van der Waals surface area (Å²) in [4.78, 5) is 11.8. The first-order chi connectivity index (χ1) is 8.72. The van der Waals surface area contributed by atoms with Gasteiger partial charge in [0, 0.05) is 5.69 Å². The molecule has 1 amide bonds. The van der Waals surface area contributed by atoms with Crippen LogP contribution in [0.4, 0.5) is 5.69 Å². The topological polar surface area (TPSA) is 41.1 Å². The van der Waals surface area contributed by atoms with E-state index >= 15 is 0 Å². The van der Waals surface area contributed by atoms with E-state index in [1.54, 1.807) is 0 Å². The zero-order chi connectivity index (χ0) is 13.4. The number of rotatable bonds is 7. The molecule has 1 rings (SSSR count). The van der Waals surface area contributed by atoms with Crippen LogP contribution >= 0.6 is 0 Å². The summed E-state index contributed by atoms with van der Waals surface area (Å²) in [5.41, 5.74) is 3.42. The van der Waals surface area contributed by atoms with E-state index in [1.165, 1.54) is 11.1 Å². The highest BCUT2D eigenvalue weighted by molar-refractivity contribution is 5.93. The summed E-state index contributed by atoms with van der Waals surface area (Å²) in [5.74, 6) is 0.0408. The molecular weight excluding hydrogens is 224 g/mol. The summed E-state index contributed by atoms with van der Waals surface area (Å²) in [6, 6.07) is 6.21. The Labute approximate surface area is 110 Å². The smallest absolute Gasteiger partial charge is 0.238 e. The van der Waals surface area contributed by atoms with Crippen LogP contribution in [-0.2, 0) is 17.6 Å². The number of carbonyl (C=O) groups is 1. The molecule has 18 heavy (non-hydrogen) atoms. The Morgan fingerprint density at radius 3 is 2.22 bits per heavy atom. The maximum absolute atomic E-state index is 11.8. The quantitative estimate of drug-likeness (QED) is 0.728. The minimum Gasteiger partial charge on any atom is -0.324 e. The van der Waals surface area contributed by atoms with Crippen LogP contribution in [-0.4, -0.2) is 19.0 Å². The van der Waals surface area contributed by atoms with Gasteiger partial charge in [0.25, 0.3) is 0 Å². The summed E-state index contributed by atoms with van der Waals surface area (Å²) >= 11 is 0. The molecule has 0 atom stereocenters. The van der Waals surface area contributed by atoms with Crippen LogP contribution in [0.15, 0.2) is 18.2 Å². The van der Waals surface area contributed by atoms with Gasteiger partial charge >= 0.3 is 0 Å². The zero-order valence-electron chi connectivity index (χ0n) is 11.7. The Bertz CT molecular complexity index is 366. The fourth-order valence-electron chi connectivity index (χ4n) is 1.97. The van der Waals surface area contributed by atoms with Crippen LogP contribution in [0, 0.1) is 0 Å². The Hall–Kier alpha value is -1.35. The lowest BCUT2D eigenvalue weighted by atomic mass is 10.0. The number of anilines is 1. The van der Waals surface area contributed by atoms with E-state index in [4.69, 9.17) is 0 Å². The predicted molar refractivity (Wildman–Crippen MR) is 77.0 cm³/mol. The van der Waals surface area contributed by atoms with Gasteiger partial charge in [-0.3, -0.25) is 4.79 Å². The summed E-state index contributed by atoms with van der Waals surface area (Å²) in [6.45, 7) is 7.57. The van der Waals surface area contributed by atoms with E-state index < -0.39 is 0 Å². The van der Waals surface area contributed by atoms with Gasteiger partial charge in [0.15, 0.2) is 0 Å². The molecule has 0 aromatic heterocycles. The summed E-state index contributed by atoms with van der Waals surface area (Å²) in [5, 5.41) is 6.16. The highest BCUT2D eigenvalue weighted by Gasteiger charge is 2.09. The first-order valence-electron chi connectivity index (χ1n) is 6.84. The molecule has 0 aliphatic carbocycles. The molecule has 100 valence electrons. The molecule has 0 spiro atoms. The Kier molecular flexibility index (Phi) is 6.44. The van der Waals surface area contributed by atoms with Crippen molar-refractivity contribution in [1.29, 1.82) is 0 Å². The lowest BCUT2D eigenvalue weighted by Gasteiger charge is -2.14. The van der Waals surface area contributed by atoms with Gasteiger partial charge in [-0.2, -0.15) is 0 Å². The van der Waals surface area contributed by atoms with Crippen molar-refractivity contribution >= 4 is 11.6 Å². The molecule has 1 aromatic carbocycles. The fraction of sp³-hybridized carbons (Fsp3) is 0.533. The Morgan fingerprint density at radius 1 is 1.11 bits per heavy atom. The molecule has 0 aliphatic rings. The second-order valence-corrected chi connectivity index (χ2v) is 4.38. The molecule has 0 fully saturated rings. The molecule has 0 radical (unpaired) electrons. The summed E-state index contributed by atoms with van der Waals surface area (Å²) in [6.07, 6.45) is 2.91. The largest absolute Gasteiger partial charge is 0.324 e. The molecule has 1 aromatic rings. The van der Waals surface area contributed by atoms with Gasteiger partial charge in [-0.15, -0.1) is 0 Å². The summed E-state index contributed by atoms with van der Waals surface area (Å²) < 4.78 is 0. The first kappa shape index (κ1) is 14.7. The van der Waals surface area contributed by atoms with Crippen LogP contribution < -0.4 is 10.6 Å². The van der Waals surface area contributed by atoms with E-state index in [-0.39, 0.29) is 5.91 Å². The minimum absolute atomic E-state index is 0.0408. The minimum atomic E-state index is 0.0408. The van der Waals surface area contributed by atoms with Crippen molar-refractivity contribution in [2.24, 2.45) is 0 Å². The number of hydrogen-bond donors (Lipinski definition) is 2. The molecule has 0 saturated carbocycles. The van der Waals surface area contributed by atoms with E-state index in [1.807, 2.05) is 0 Å². The van der Waals surface area contributed by atoms with Crippen LogP contribution in [0.2, 0.25) is 0 Å². The lowest BCUT2D eigenvalue weighted by molar-refractivity contribution is -0.115. The second-order valence-electron chi connectivity index (χ2n) is 4.38. The predicted octanol–water partition coefficient (Wildman–Crippen LogP) is 2.75. The monoisotopic (exact) mass is 248 g/mol.